The molecule has 0 amide bonds. The van der Waals surface area contributed by atoms with Crippen LogP contribution >= 0.6 is 12.4 Å². The number of halogens is 2. The minimum absolute atomic E-state index is 0. The van der Waals surface area contributed by atoms with E-state index < -0.39 is 12.7 Å². The highest BCUT2D eigenvalue weighted by Crippen LogP contribution is 2.17. The molecule has 1 aromatic carbocycles. The lowest BCUT2D eigenvalue weighted by Crippen LogP contribution is -2.11. The molecule has 2 N–H and O–H groups in total. The Morgan fingerprint density at radius 1 is 1.54 bits per heavy atom. The Labute approximate surface area is 83.3 Å². The van der Waals surface area contributed by atoms with Crippen LogP contribution in [0.5, 0.6) is 5.75 Å². The van der Waals surface area contributed by atoms with Crippen molar-refractivity contribution in [2.24, 2.45) is 5.73 Å². The molecule has 2 nitrogen and oxygen atoms in total. The SMILES string of the molecule is COc1cccc([C@H](N)CF)c1.Cl. The van der Waals surface area contributed by atoms with Crippen LogP contribution in [-0.2, 0) is 0 Å². The van der Waals surface area contributed by atoms with Gasteiger partial charge in [-0.15, -0.1) is 12.4 Å². The predicted octanol–water partition coefficient (Wildman–Crippen LogP) is 2.09. The van der Waals surface area contributed by atoms with Crippen LogP contribution in [-0.4, -0.2) is 13.8 Å². The van der Waals surface area contributed by atoms with E-state index >= 15 is 0 Å². The Morgan fingerprint density at radius 3 is 2.77 bits per heavy atom. The van der Waals surface area contributed by atoms with Crippen molar-refractivity contribution in [3.8, 4) is 5.75 Å². The Balaban J connectivity index is 0.00000144. The largest absolute Gasteiger partial charge is 0.497 e. The van der Waals surface area contributed by atoms with Gasteiger partial charge in [0.1, 0.15) is 12.4 Å². The lowest BCUT2D eigenvalue weighted by Gasteiger charge is -2.08. The van der Waals surface area contributed by atoms with Crippen molar-refractivity contribution in [1.29, 1.82) is 0 Å². The number of alkyl halides is 1. The molecule has 4 heteroatoms. The summed E-state index contributed by atoms with van der Waals surface area (Å²) in [6.07, 6.45) is 0. The molecule has 0 aliphatic rings. The number of benzene rings is 1. The second-order valence-electron chi connectivity index (χ2n) is 2.54. The van der Waals surface area contributed by atoms with E-state index in [2.05, 4.69) is 0 Å². The topological polar surface area (TPSA) is 35.2 Å². The van der Waals surface area contributed by atoms with Crippen molar-refractivity contribution in [3.63, 3.8) is 0 Å². The highest BCUT2D eigenvalue weighted by molar-refractivity contribution is 5.85. The summed E-state index contributed by atoms with van der Waals surface area (Å²) in [5, 5.41) is 0. The standard InChI is InChI=1S/C9H12FNO.ClH/c1-12-8-4-2-3-7(5-8)9(11)6-10;/h2-5,9H,6,11H2,1H3;1H/t9-;/m1./s1. The average molecular weight is 206 g/mol. The van der Waals surface area contributed by atoms with E-state index in [1.165, 1.54) is 0 Å². The lowest BCUT2D eigenvalue weighted by molar-refractivity contribution is 0.410. The molecule has 0 saturated heterocycles. The van der Waals surface area contributed by atoms with Crippen molar-refractivity contribution in [1.82, 2.24) is 0 Å². The van der Waals surface area contributed by atoms with Gasteiger partial charge >= 0.3 is 0 Å². The van der Waals surface area contributed by atoms with Crippen LogP contribution in [0.2, 0.25) is 0 Å². The zero-order valence-corrected chi connectivity index (χ0v) is 8.18. The maximum Gasteiger partial charge on any atom is 0.119 e. The van der Waals surface area contributed by atoms with Crippen LogP contribution in [0.15, 0.2) is 24.3 Å². The van der Waals surface area contributed by atoms with Gasteiger partial charge in [-0.2, -0.15) is 0 Å². The third-order valence-corrected chi connectivity index (χ3v) is 1.69. The fraction of sp³-hybridized carbons (Fsp3) is 0.333. The number of methoxy groups -OCH3 is 1. The number of hydrogen-bond donors (Lipinski definition) is 1. The second-order valence-corrected chi connectivity index (χ2v) is 2.54. The minimum atomic E-state index is -0.548. The predicted molar refractivity (Wildman–Crippen MR) is 53.1 cm³/mol. The second kappa shape index (κ2) is 5.78. The highest BCUT2D eigenvalue weighted by atomic mass is 35.5. The summed E-state index contributed by atoms with van der Waals surface area (Å²) in [4.78, 5) is 0. The van der Waals surface area contributed by atoms with Crippen LogP contribution in [0.1, 0.15) is 11.6 Å². The first kappa shape index (κ1) is 12.2. The molecule has 0 bridgehead atoms. The summed E-state index contributed by atoms with van der Waals surface area (Å²) in [7, 11) is 1.57. The van der Waals surface area contributed by atoms with E-state index in [1.807, 2.05) is 0 Å². The van der Waals surface area contributed by atoms with Crippen molar-refractivity contribution >= 4 is 12.4 Å². The number of hydrogen-bond acceptors (Lipinski definition) is 2. The minimum Gasteiger partial charge on any atom is -0.497 e. The summed E-state index contributed by atoms with van der Waals surface area (Å²) in [6.45, 7) is -0.548. The van der Waals surface area contributed by atoms with Gasteiger partial charge in [0, 0.05) is 0 Å². The van der Waals surface area contributed by atoms with Gasteiger partial charge in [0.25, 0.3) is 0 Å². The molecule has 1 rings (SSSR count). The third-order valence-electron chi connectivity index (χ3n) is 1.69. The number of nitrogens with two attached hydrogens (primary N) is 1. The third kappa shape index (κ3) is 3.20. The van der Waals surface area contributed by atoms with Crippen LogP contribution < -0.4 is 10.5 Å². The maximum atomic E-state index is 12.1. The number of ether oxygens (including phenoxy) is 1. The quantitative estimate of drug-likeness (QED) is 0.820. The Morgan fingerprint density at radius 2 is 2.23 bits per heavy atom. The first-order valence-corrected chi connectivity index (χ1v) is 3.73. The average Bonchev–Trinajstić information content (AvgIpc) is 2.17. The summed E-state index contributed by atoms with van der Waals surface area (Å²) >= 11 is 0. The van der Waals surface area contributed by atoms with Gasteiger partial charge in [-0.3, -0.25) is 0 Å². The Hall–Kier alpha value is -0.800. The van der Waals surface area contributed by atoms with Gasteiger partial charge in [0.15, 0.2) is 0 Å². The molecule has 13 heavy (non-hydrogen) atoms. The van der Waals surface area contributed by atoms with Gasteiger partial charge in [0.05, 0.1) is 13.2 Å². The molecule has 74 valence electrons. The highest BCUT2D eigenvalue weighted by Gasteiger charge is 2.04. The molecule has 0 radical (unpaired) electrons. The molecule has 0 aliphatic heterocycles. The first-order chi connectivity index (χ1) is 5.77. The summed E-state index contributed by atoms with van der Waals surface area (Å²) in [6, 6.07) is 6.58. The van der Waals surface area contributed by atoms with Gasteiger partial charge in [-0.05, 0) is 17.7 Å². The van der Waals surface area contributed by atoms with E-state index in [9.17, 15) is 4.39 Å². The molecule has 0 aliphatic carbocycles. The van der Waals surface area contributed by atoms with E-state index in [0.29, 0.717) is 5.75 Å². The molecule has 0 aromatic heterocycles. The smallest absolute Gasteiger partial charge is 0.119 e. The van der Waals surface area contributed by atoms with Crippen molar-refractivity contribution in [2.75, 3.05) is 13.8 Å². The first-order valence-electron chi connectivity index (χ1n) is 3.73. The van der Waals surface area contributed by atoms with Crippen molar-refractivity contribution in [2.45, 2.75) is 6.04 Å². The maximum absolute atomic E-state index is 12.1. The molecular weight excluding hydrogens is 193 g/mol. The fourth-order valence-electron chi connectivity index (χ4n) is 0.961. The molecule has 0 spiro atoms. The molecule has 0 fully saturated rings. The van der Waals surface area contributed by atoms with Crippen LogP contribution in [0.25, 0.3) is 0 Å². The van der Waals surface area contributed by atoms with E-state index in [4.69, 9.17) is 10.5 Å². The van der Waals surface area contributed by atoms with E-state index in [1.54, 1.807) is 31.4 Å². The summed E-state index contributed by atoms with van der Waals surface area (Å²) < 4.78 is 17.1. The molecule has 0 saturated carbocycles. The Bertz CT molecular complexity index is 257. The van der Waals surface area contributed by atoms with Crippen LogP contribution in [0.4, 0.5) is 4.39 Å². The van der Waals surface area contributed by atoms with Gasteiger partial charge < -0.3 is 10.5 Å². The van der Waals surface area contributed by atoms with Gasteiger partial charge in [-0.25, -0.2) is 4.39 Å². The van der Waals surface area contributed by atoms with Crippen LogP contribution in [0.3, 0.4) is 0 Å². The number of rotatable bonds is 3. The molecule has 1 atom stereocenters. The van der Waals surface area contributed by atoms with Gasteiger partial charge in [-0.1, -0.05) is 12.1 Å². The monoisotopic (exact) mass is 205 g/mol. The fourth-order valence-corrected chi connectivity index (χ4v) is 0.961. The van der Waals surface area contributed by atoms with E-state index in [-0.39, 0.29) is 12.4 Å². The zero-order valence-electron chi connectivity index (χ0n) is 7.37. The van der Waals surface area contributed by atoms with Crippen LogP contribution in [0, 0.1) is 0 Å². The molecular formula is C9H13ClFNO. The van der Waals surface area contributed by atoms with Gasteiger partial charge in [0.2, 0.25) is 0 Å². The lowest BCUT2D eigenvalue weighted by atomic mass is 10.1. The van der Waals surface area contributed by atoms with E-state index in [0.717, 1.165) is 5.56 Å². The van der Waals surface area contributed by atoms with Crippen molar-refractivity contribution in [3.05, 3.63) is 29.8 Å². The van der Waals surface area contributed by atoms with Crippen molar-refractivity contribution < 1.29 is 9.13 Å². The summed E-state index contributed by atoms with van der Waals surface area (Å²) in [5.74, 6) is 0.705. The Kier molecular flexibility index (Phi) is 5.42. The molecule has 0 heterocycles. The summed E-state index contributed by atoms with van der Waals surface area (Å²) in [5.41, 5.74) is 6.25. The molecule has 0 unspecified atom stereocenters. The molecule has 1 aromatic rings. The normalized spacial score (nSPS) is 11.6. The zero-order chi connectivity index (χ0) is 8.97.